The van der Waals surface area contributed by atoms with Gasteiger partial charge in [0, 0.05) is 12.5 Å². The largest absolute Gasteiger partial charge is 0.441 e. The van der Waals surface area contributed by atoms with Crippen LogP contribution >= 0.6 is 0 Å². The molecule has 0 saturated heterocycles. The molecule has 0 fully saturated rings. The highest BCUT2D eigenvalue weighted by atomic mass is 32.2. The number of sulfonamides is 1. The molecule has 2 aromatic carbocycles. The highest BCUT2D eigenvalue weighted by Gasteiger charge is 2.19. The first kappa shape index (κ1) is 17.2. The molecule has 25 heavy (non-hydrogen) atoms. The van der Waals surface area contributed by atoms with Crippen LogP contribution in [0.25, 0.3) is 11.3 Å². The fourth-order valence-corrected chi connectivity index (χ4v) is 3.88. The lowest BCUT2D eigenvalue weighted by molar-refractivity contribution is 0.534. The normalized spacial score (nSPS) is 11.5. The van der Waals surface area contributed by atoms with Crippen molar-refractivity contribution in [2.45, 2.75) is 25.7 Å². The van der Waals surface area contributed by atoms with Crippen molar-refractivity contribution in [2.24, 2.45) is 0 Å². The van der Waals surface area contributed by atoms with Gasteiger partial charge in [0.25, 0.3) is 10.0 Å². The van der Waals surface area contributed by atoms with Crippen LogP contribution in [0.2, 0.25) is 0 Å². The molecule has 5 nitrogen and oxygen atoms in total. The summed E-state index contributed by atoms with van der Waals surface area (Å²) in [5, 5.41) is 0. The third kappa shape index (κ3) is 3.56. The Morgan fingerprint density at radius 3 is 2.44 bits per heavy atom. The van der Waals surface area contributed by atoms with E-state index in [4.69, 9.17) is 4.42 Å². The van der Waals surface area contributed by atoms with Crippen LogP contribution in [0.4, 0.5) is 10.1 Å². The Kier molecular flexibility index (Phi) is 4.34. The van der Waals surface area contributed by atoms with Crippen molar-refractivity contribution < 1.29 is 17.2 Å². The molecule has 0 amide bonds. The van der Waals surface area contributed by atoms with Gasteiger partial charge < -0.3 is 4.42 Å². The number of halogens is 1. The molecule has 0 saturated carbocycles. The van der Waals surface area contributed by atoms with E-state index in [0.717, 1.165) is 0 Å². The van der Waals surface area contributed by atoms with Crippen molar-refractivity contribution in [1.82, 2.24) is 4.98 Å². The van der Waals surface area contributed by atoms with Gasteiger partial charge in [-0.3, -0.25) is 4.72 Å². The van der Waals surface area contributed by atoms with E-state index >= 15 is 0 Å². The molecule has 130 valence electrons. The second kappa shape index (κ2) is 6.33. The second-order valence-corrected chi connectivity index (χ2v) is 7.44. The maximum Gasteiger partial charge on any atom is 0.262 e. The van der Waals surface area contributed by atoms with Gasteiger partial charge in [-0.1, -0.05) is 12.1 Å². The van der Waals surface area contributed by atoms with Crippen molar-refractivity contribution in [3.05, 3.63) is 65.4 Å². The molecule has 0 radical (unpaired) electrons. The fourth-order valence-electron chi connectivity index (χ4n) is 2.48. The predicted octanol–water partition coefficient (Wildman–Crippen LogP) is 4.21. The van der Waals surface area contributed by atoms with E-state index < -0.39 is 15.8 Å². The van der Waals surface area contributed by atoms with E-state index in [1.165, 1.54) is 24.3 Å². The van der Waals surface area contributed by atoms with Crippen molar-refractivity contribution in [1.29, 1.82) is 0 Å². The summed E-state index contributed by atoms with van der Waals surface area (Å²) in [5.74, 6) is 0.575. The van der Waals surface area contributed by atoms with E-state index in [1.807, 2.05) is 0 Å². The standard InChI is InChI=1S/C18H17FN2O3S/c1-11-4-5-14(17-10-20-13(3)24-17)9-18(11)25(22,23)21-16-7-6-15(19)8-12(16)2/h4-10,21H,1-3H3. The molecule has 0 unspecified atom stereocenters. The summed E-state index contributed by atoms with van der Waals surface area (Å²) in [6.45, 7) is 5.07. The van der Waals surface area contributed by atoms with Crippen LogP contribution in [0.3, 0.4) is 0 Å². The molecule has 0 bridgehead atoms. The number of benzene rings is 2. The quantitative estimate of drug-likeness (QED) is 0.757. The van der Waals surface area contributed by atoms with E-state index in [2.05, 4.69) is 9.71 Å². The third-order valence-corrected chi connectivity index (χ3v) is 5.32. The van der Waals surface area contributed by atoms with Gasteiger partial charge in [-0.15, -0.1) is 0 Å². The fraction of sp³-hybridized carbons (Fsp3) is 0.167. The zero-order valence-corrected chi connectivity index (χ0v) is 14.8. The lowest BCUT2D eigenvalue weighted by Gasteiger charge is -2.13. The lowest BCUT2D eigenvalue weighted by Crippen LogP contribution is -2.15. The van der Waals surface area contributed by atoms with Crippen LogP contribution in [-0.4, -0.2) is 13.4 Å². The minimum Gasteiger partial charge on any atom is -0.441 e. The van der Waals surface area contributed by atoms with Crippen LogP contribution < -0.4 is 4.72 Å². The number of oxazole rings is 1. The number of nitrogens with zero attached hydrogens (tertiary/aromatic N) is 1. The number of aryl methyl sites for hydroxylation is 3. The number of hydrogen-bond acceptors (Lipinski definition) is 4. The first-order valence-electron chi connectivity index (χ1n) is 7.59. The Morgan fingerprint density at radius 2 is 1.80 bits per heavy atom. The molecule has 0 spiro atoms. The van der Waals surface area contributed by atoms with Crippen LogP contribution in [0.5, 0.6) is 0 Å². The van der Waals surface area contributed by atoms with Gasteiger partial charge in [-0.2, -0.15) is 0 Å². The zero-order valence-electron chi connectivity index (χ0n) is 14.0. The van der Waals surface area contributed by atoms with Crippen molar-refractivity contribution in [3.8, 4) is 11.3 Å². The van der Waals surface area contributed by atoms with E-state index in [-0.39, 0.29) is 4.90 Å². The minimum absolute atomic E-state index is 0.128. The number of nitrogens with one attached hydrogen (secondary N) is 1. The first-order valence-corrected chi connectivity index (χ1v) is 9.07. The monoisotopic (exact) mass is 360 g/mol. The Hall–Kier alpha value is -2.67. The molecule has 1 N–H and O–H groups in total. The van der Waals surface area contributed by atoms with Crippen molar-refractivity contribution in [3.63, 3.8) is 0 Å². The Bertz CT molecular complexity index is 1040. The van der Waals surface area contributed by atoms with Crippen molar-refractivity contribution in [2.75, 3.05) is 4.72 Å². The van der Waals surface area contributed by atoms with Gasteiger partial charge in [0.05, 0.1) is 16.8 Å². The minimum atomic E-state index is -3.84. The van der Waals surface area contributed by atoms with Gasteiger partial charge in [-0.05, 0) is 49.2 Å². The van der Waals surface area contributed by atoms with Gasteiger partial charge >= 0.3 is 0 Å². The third-order valence-electron chi connectivity index (χ3n) is 3.82. The molecule has 0 aliphatic carbocycles. The highest BCUT2D eigenvalue weighted by Crippen LogP contribution is 2.28. The summed E-state index contributed by atoms with van der Waals surface area (Å²) >= 11 is 0. The SMILES string of the molecule is Cc1ncc(-c2ccc(C)c(S(=O)(=O)Nc3ccc(F)cc3C)c2)o1. The topological polar surface area (TPSA) is 72.2 Å². The van der Waals surface area contributed by atoms with Crippen LogP contribution in [-0.2, 0) is 10.0 Å². The Labute approximate surface area is 145 Å². The van der Waals surface area contributed by atoms with Gasteiger partial charge in [0.2, 0.25) is 0 Å². The molecule has 0 aliphatic rings. The Balaban J connectivity index is 2.01. The summed E-state index contributed by atoms with van der Waals surface area (Å²) in [6, 6.07) is 8.91. The van der Waals surface area contributed by atoms with E-state index in [9.17, 15) is 12.8 Å². The van der Waals surface area contributed by atoms with Crippen LogP contribution in [0.15, 0.2) is 51.9 Å². The van der Waals surface area contributed by atoms with Gasteiger partial charge in [0.15, 0.2) is 11.7 Å². The molecule has 3 aromatic rings. The van der Waals surface area contributed by atoms with Crippen LogP contribution in [0, 0.1) is 26.6 Å². The maximum absolute atomic E-state index is 13.2. The molecule has 7 heteroatoms. The highest BCUT2D eigenvalue weighted by molar-refractivity contribution is 7.92. The molecular weight excluding hydrogens is 343 g/mol. The number of aromatic nitrogens is 1. The van der Waals surface area contributed by atoms with Gasteiger partial charge in [0.1, 0.15) is 5.82 Å². The van der Waals surface area contributed by atoms with Gasteiger partial charge in [-0.25, -0.2) is 17.8 Å². The average molecular weight is 360 g/mol. The molecular formula is C18H17FN2O3S. The summed E-state index contributed by atoms with van der Waals surface area (Å²) in [5.41, 5.74) is 2.04. The molecule has 0 atom stereocenters. The number of hydrogen-bond donors (Lipinski definition) is 1. The molecule has 0 aliphatic heterocycles. The van der Waals surface area contributed by atoms with Crippen LogP contribution in [0.1, 0.15) is 17.0 Å². The summed E-state index contributed by atoms with van der Waals surface area (Å²) in [6.07, 6.45) is 1.55. The zero-order chi connectivity index (χ0) is 18.2. The number of rotatable bonds is 4. The smallest absolute Gasteiger partial charge is 0.262 e. The molecule has 1 heterocycles. The molecule has 1 aromatic heterocycles. The average Bonchev–Trinajstić information content (AvgIpc) is 2.97. The predicted molar refractivity (Wildman–Crippen MR) is 93.4 cm³/mol. The van der Waals surface area contributed by atoms with E-state index in [1.54, 1.807) is 39.1 Å². The maximum atomic E-state index is 13.2. The van der Waals surface area contributed by atoms with E-state index in [0.29, 0.717) is 34.0 Å². The molecule has 3 rings (SSSR count). The number of anilines is 1. The first-order chi connectivity index (χ1) is 11.8. The summed E-state index contributed by atoms with van der Waals surface area (Å²) in [7, 11) is -3.84. The summed E-state index contributed by atoms with van der Waals surface area (Å²) < 4.78 is 46.8. The second-order valence-electron chi connectivity index (χ2n) is 5.79. The van der Waals surface area contributed by atoms with Crippen molar-refractivity contribution >= 4 is 15.7 Å². The Morgan fingerprint density at radius 1 is 1.04 bits per heavy atom. The lowest BCUT2D eigenvalue weighted by atomic mass is 10.1. The summed E-state index contributed by atoms with van der Waals surface area (Å²) in [4.78, 5) is 4.16.